The summed E-state index contributed by atoms with van der Waals surface area (Å²) in [4.78, 5) is 11.7. The summed E-state index contributed by atoms with van der Waals surface area (Å²) in [7, 11) is 0. The average molecular weight is 235 g/mol. The molecule has 1 saturated heterocycles. The summed E-state index contributed by atoms with van der Waals surface area (Å²) < 4.78 is 5.76. The topological polar surface area (TPSA) is 26.3 Å². The number of hydrogen-bond acceptors (Lipinski definition) is 2. The van der Waals surface area contributed by atoms with Crippen molar-refractivity contribution in [2.24, 2.45) is 0 Å². The first-order valence-electron chi connectivity index (χ1n) is 6.19. The molecule has 17 heavy (non-hydrogen) atoms. The Kier molecular flexibility index (Phi) is 4.70. The summed E-state index contributed by atoms with van der Waals surface area (Å²) in [5.74, 6) is 0.198. The smallest absolute Gasteiger partial charge is 0.167 e. The van der Waals surface area contributed by atoms with E-state index in [1.807, 2.05) is 26.8 Å². The Morgan fingerprint density at radius 1 is 1.53 bits per heavy atom. The molecule has 1 radical (unpaired) electrons. The number of allylic oxidation sites excluding steroid dienone is 3. The van der Waals surface area contributed by atoms with Gasteiger partial charge in [-0.25, -0.2) is 0 Å². The number of carbonyl (C=O) groups is 1. The van der Waals surface area contributed by atoms with Crippen LogP contribution in [0.3, 0.4) is 0 Å². The van der Waals surface area contributed by atoms with E-state index in [1.165, 1.54) is 11.1 Å². The minimum absolute atomic E-state index is 0.0264. The molecule has 0 aromatic heterocycles. The molecule has 1 atom stereocenters. The summed E-state index contributed by atoms with van der Waals surface area (Å²) in [6, 6.07) is 0. The highest BCUT2D eigenvalue weighted by molar-refractivity contribution is 5.89. The normalized spacial score (nSPS) is 25.5. The summed E-state index contributed by atoms with van der Waals surface area (Å²) >= 11 is 0. The number of Topliss-reactive ketones (excluding diaryl/α,β-unsaturated/α-hetero) is 1. The molecule has 0 spiro atoms. The Bertz CT molecular complexity index is 348. The van der Waals surface area contributed by atoms with Crippen molar-refractivity contribution in [2.45, 2.75) is 58.7 Å². The van der Waals surface area contributed by atoms with E-state index in [0.29, 0.717) is 6.42 Å². The monoisotopic (exact) mass is 235 g/mol. The van der Waals surface area contributed by atoms with Crippen LogP contribution in [0, 0.1) is 6.92 Å². The summed E-state index contributed by atoms with van der Waals surface area (Å²) in [6.07, 6.45) is 6.55. The number of rotatable bonds is 4. The van der Waals surface area contributed by atoms with Gasteiger partial charge in [-0.2, -0.15) is 0 Å². The van der Waals surface area contributed by atoms with Crippen molar-refractivity contribution in [3.8, 4) is 0 Å². The molecule has 0 saturated carbocycles. The van der Waals surface area contributed by atoms with Crippen molar-refractivity contribution in [3.05, 3.63) is 30.2 Å². The third kappa shape index (κ3) is 3.81. The van der Waals surface area contributed by atoms with E-state index < -0.39 is 5.60 Å². The number of hydrogen-bond donors (Lipinski definition) is 0. The van der Waals surface area contributed by atoms with Gasteiger partial charge in [0.15, 0.2) is 5.78 Å². The second kappa shape index (κ2) is 5.63. The zero-order chi connectivity index (χ0) is 13.1. The molecule has 1 fully saturated rings. The van der Waals surface area contributed by atoms with E-state index in [9.17, 15) is 4.79 Å². The van der Waals surface area contributed by atoms with E-state index in [4.69, 9.17) is 4.74 Å². The SMILES string of the molecule is [CH2]/C=C(\C)CC/C=C(/C)C1CC(=O)C(C)(C)O1. The molecule has 1 rings (SSSR count). The molecule has 1 unspecified atom stereocenters. The fraction of sp³-hybridized carbons (Fsp3) is 0.600. The number of ketones is 1. The molecule has 0 N–H and O–H groups in total. The third-order valence-corrected chi connectivity index (χ3v) is 3.34. The van der Waals surface area contributed by atoms with E-state index >= 15 is 0 Å². The van der Waals surface area contributed by atoms with Crippen molar-refractivity contribution in [1.82, 2.24) is 0 Å². The molecule has 2 nitrogen and oxygen atoms in total. The minimum Gasteiger partial charge on any atom is -0.360 e. The van der Waals surface area contributed by atoms with Crippen LogP contribution >= 0.6 is 0 Å². The highest BCUT2D eigenvalue weighted by atomic mass is 16.5. The molecule has 1 aliphatic heterocycles. The quantitative estimate of drug-likeness (QED) is 0.695. The molecule has 2 heteroatoms. The van der Waals surface area contributed by atoms with Crippen molar-refractivity contribution >= 4 is 5.78 Å². The van der Waals surface area contributed by atoms with Crippen LogP contribution in [-0.2, 0) is 9.53 Å². The van der Waals surface area contributed by atoms with Gasteiger partial charge in [0.05, 0.1) is 6.10 Å². The first-order valence-corrected chi connectivity index (χ1v) is 6.19. The Morgan fingerprint density at radius 2 is 2.18 bits per heavy atom. The van der Waals surface area contributed by atoms with Gasteiger partial charge in [-0.1, -0.05) is 17.7 Å². The molecule has 0 amide bonds. The summed E-state index contributed by atoms with van der Waals surface area (Å²) in [5, 5.41) is 0. The van der Waals surface area contributed by atoms with Crippen molar-refractivity contribution in [2.75, 3.05) is 0 Å². The van der Waals surface area contributed by atoms with Crippen molar-refractivity contribution in [1.29, 1.82) is 0 Å². The molecule has 95 valence electrons. The van der Waals surface area contributed by atoms with Crippen LogP contribution in [0.1, 0.15) is 47.0 Å². The zero-order valence-electron chi connectivity index (χ0n) is 11.4. The molecule has 0 aromatic rings. The molecule has 0 aromatic carbocycles. The van der Waals surface area contributed by atoms with Gasteiger partial charge in [0.2, 0.25) is 0 Å². The molecule has 1 heterocycles. The Morgan fingerprint density at radius 3 is 2.65 bits per heavy atom. The van der Waals surface area contributed by atoms with Crippen LogP contribution < -0.4 is 0 Å². The van der Waals surface area contributed by atoms with Gasteiger partial charge in [0, 0.05) is 6.42 Å². The summed E-state index contributed by atoms with van der Waals surface area (Å²) in [6.45, 7) is 11.6. The molecule has 0 aliphatic carbocycles. The Labute approximate surface area is 105 Å². The lowest BCUT2D eigenvalue weighted by Crippen LogP contribution is -2.27. The number of carbonyl (C=O) groups excluding carboxylic acids is 1. The van der Waals surface area contributed by atoms with Gasteiger partial charge >= 0.3 is 0 Å². The largest absolute Gasteiger partial charge is 0.360 e. The maximum atomic E-state index is 11.7. The van der Waals surface area contributed by atoms with Gasteiger partial charge in [-0.05, 0) is 53.0 Å². The first kappa shape index (κ1) is 14.2. The van der Waals surface area contributed by atoms with Crippen molar-refractivity contribution in [3.63, 3.8) is 0 Å². The van der Waals surface area contributed by atoms with Gasteiger partial charge in [-0.3, -0.25) is 4.79 Å². The van der Waals surface area contributed by atoms with Crippen LogP contribution in [0.15, 0.2) is 23.3 Å². The van der Waals surface area contributed by atoms with E-state index in [-0.39, 0.29) is 11.9 Å². The fourth-order valence-electron chi connectivity index (χ4n) is 1.89. The van der Waals surface area contributed by atoms with Gasteiger partial charge in [0.25, 0.3) is 0 Å². The molecular formula is C15H23O2. The van der Waals surface area contributed by atoms with Crippen LogP contribution in [0.4, 0.5) is 0 Å². The standard InChI is InChI=1S/C15H23O2/c1-6-11(2)8-7-9-12(3)13-10-14(16)15(4,5)17-13/h6,9,13H,1,7-8,10H2,2-5H3/b11-6+,12-9-. The lowest BCUT2D eigenvalue weighted by atomic mass is 10.0. The van der Waals surface area contributed by atoms with Gasteiger partial charge in [-0.15, -0.1) is 0 Å². The lowest BCUT2D eigenvalue weighted by Gasteiger charge is -2.18. The predicted octanol–water partition coefficient (Wildman–Crippen LogP) is 3.63. The van der Waals surface area contributed by atoms with E-state index in [2.05, 4.69) is 19.9 Å². The van der Waals surface area contributed by atoms with Gasteiger partial charge < -0.3 is 4.74 Å². The van der Waals surface area contributed by atoms with E-state index in [0.717, 1.165) is 12.8 Å². The van der Waals surface area contributed by atoms with E-state index in [1.54, 1.807) is 0 Å². The maximum absolute atomic E-state index is 11.7. The van der Waals surface area contributed by atoms with Crippen LogP contribution in [0.5, 0.6) is 0 Å². The highest BCUT2D eigenvalue weighted by Gasteiger charge is 2.40. The highest BCUT2D eigenvalue weighted by Crippen LogP contribution is 2.30. The second-order valence-electron chi connectivity index (χ2n) is 5.28. The average Bonchev–Trinajstić information content (AvgIpc) is 2.53. The lowest BCUT2D eigenvalue weighted by molar-refractivity contribution is -0.129. The Hall–Kier alpha value is -0.890. The van der Waals surface area contributed by atoms with Crippen LogP contribution in [-0.4, -0.2) is 17.5 Å². The maximum Gasteiger partial charge on any atom is 0.167 e. The van der Waals surface area contributed by atoms with Crippen LogP contribution in [0.25, 0.3) is 0 Å². The predicted molar refractivity (Wildman–Crippen MR) is 70.7 cm³/mol. The first-order chi connectivity index (χ1) is 7.86. The third-order valence-electron chi connectivity index (χ3n) is 3.34. The minimum atomic E-state index is -0.608. The van der Waals surface area contributed by atoms with Crippen molar-refractivity contribution < 1.29 is 9.53 Å². The Balaban J connectivity index is 2.52. The molecule has 1 aliphatic rings. The second-order valence-corrected chi connectivity index (χ2v) is 5.28. The zero-order valence-corrected chi connectivity index (χ0v) is 11.4. The summed E-state index contributed by atoms with van der Waals surface area (Å²) in [5.41, 5.74) is 1.85. The van der Waals surface area contributed by atoms with Crippen LogP contribution in [0.2, 0.25) is 0 Å². The number of ether oxygens (including phenoxy) is 1. The van der Waals surface area contributed by atoms with Gasteiger partial charge in [0.1, 0.15) is 5.60 Å². The fourth-order valence-corrected chi connectivity index (χ4v) is 1.89. The molecule has 0 bridgehead atoms. The molecular weight excluding hydrogens is 212 g/mol.